The molecule has 1 aromatic rings. The van der Waals surface area contributed by atoms with E-state index in [9.17, 15) is 4.39 Å². The Bertz CT molecular complexity index is 324. The molecule has 0 aromatic heterocycles. The van der Waals surface area contributed by atoms with E-state index in [1.54, 1.807) is 6.07 Å². The molecule has 1 radical (unpaired) electrons. The molecule has 1 aliphatic rings. The average Bonchev–Trinajstić information content (AvgIpc) is 2.23. The lowest BCUT2D eigenvalue weighted by atomic mass is 10.2. The van der Waals surface area contributed by atoms with Gasteiger partial charge in [-0.25, -0.2) is 4.39 Å². The van der Waals surface area contributed by atoms with E-state index in [0.29, 0.717) is 37.7 Å². The third-order valence-electron chi connectivity index (χ3n) is 2.25. The first-order valence-corrected chi connectivity index (χ1v) is 4.57. The molecule has 0 spiro atoms. The third-order valence-corrected chi connectivity index (χ3v) is 2.25. The van der Waals surface area contributed by atoms with Crippen molar-refractivity contribution in [3.63, 3.8) is 0 Å². The first-order chi connectivity index (χ1) is 6.77. The smallest absolute Gasteiger partial charge is 0.147 e. The van der Waals surface area contributed by atoms with E-state index in [1.807, 2.05) is 4.90 Å². The molecule has 1 aromatic carbocycles. The number of hydrogen-bond donors (Lipinski definition) is 1. The van der Waals surface area contributed by atoms with Crippen molar-refractivity contribution in [3.05, 3.63) is 24.0 Å². The highest BCUT2D eigenvalue weighted by atomic mass is 19.1. The SMILES string of the molecule is Nc1[c]cc(F)c(N2CCOCC2)c1. The Hall–Kier alpha value is -1.29. The maximum atomic E-state index is 13.4. The molecule has 0 saturated carbocycles. The lowest BCUT2D eigenvalue weighted by molar-refractivity contribution is 0.122. The van der Waals surface area contributed by atoms with Crippen LogP contribution >= 0.6 is 0 Å². The number of nitrogens with zero attached hydrogens (tertiary/aromatic N) is 1. The molecule has 2 N–H and O–H groups in total. The van der Waals surface area contributed by atoms with Crippen LogP contribution in [0.2, 0.25) is 0 Å². The first kappa shape index (κ1) is 9.27. The lowest BCUT2D eigenvalue weighted by Crippen LogP contribution is -2.36. The van der Waals surface area contributed by atoms with E-state index in [1.165, 1.54) is 6.07 Å². The van der Waals surface area contributed by atoms with Crippen LogP contribution in [-0.4, -0.2) is 26.3 Å². The molecule has 0 aliphatic carbocycles. The number of ether oxygens (including phenoxy) is 1. The largest absolute Gasteiger partial charge is 0.398 e. The van der Waals surface area contributed by atoms with Crippen LogP contribution < -0.4 is 10.6 Å². The van der Waals surface area contributed by atoms with Crippen LogP contribution in [0.15, 0.2) is 12.1 Å². The van der Waals surface area contributed by atoms with Crippen LogP contribution in [0.25, 0.3) is 0 Å². The number of rotatable bonds is 1. The average molecular weight is 195 g/mol. The van der Waals surface area contributed by atoms with E-state index in [2.05, 4.69) is 6.07 Å². The van der Waals surface area contributed by atoms with Crippen LogP contribution in [-0.2, 0) is 4.74 Å². The number of hydrogen-bond acceptors (Lipinski definition) is 3. The van der Waals surface area contributed by atoms with E-state index in [0.717, 1.165) is 0 Å². The van der Waals surface area contributed by atoms with Crippen molar-refractivity contribution < 1.29 is 9.13 Å². The van der Waals surface area contributed by atoms with Gasteiger partial charge in [-0.15, -0.1) is 0 Å². The lowest BCUT2D eigenvalue weighted by Gasteiger charge is -2.29. The molecule has 0 unspecified atom stereocenters. The molecule has 3 nitrogen and oxygen atoms in total. The Morgan fingerprint density at radius 2 is 2.14 bits per heavy atom. The second-order valence-electron chi connectivity index (χ2n) is 3.22. The summed E-state index contributed by atoms with van der Waals surface area (Å²) in [7, 11) is 0. The van der Waals surface area contributed by atoms with Crippen molar-refractivity contribution in [2.24, 2.45) is 0 Å². The minimum absolute atomic E-state index is 0.277. The van der Waals surface area contributed by atoms with Crippen LogP contribution in [0.4, 0.5) is 15.8 Å². The number of anilines is 2. The van der Waals surface area contributed by atoms with Gasteiger partial charge in [-0.2, -0.15) is 0 Å². The summed E-state index contributed by atoms with van der Waals surface area (Å²) in [6, 6.07) is 5.51. The normalized spacial score (nSPS) is 17.1. The van der Waals surface area contributed by atoms with Crippen LogP contribution in [0.3, 0.4) is 0 Å². The maximum Gasteiger partial charge on any atom is 0.147 e. The molecule has 75 valence electrons. The second-order valence-corrected chi connectivity index (χ2v) is 3.22. The molecule has 1 heterocycles. The fourth-order valence-electron chi connectivity index (χ4n) is 1.53. The summed E-state index contributed by atoms with van der Waals surface area (Å²) in [5.41, 5.74) is 6.57. The zero-order chi connectivity index (χ0) is 9.97. The Morgan fingerprint density at radius 3 is 2.86 bits per heavy atom. The molecule has 1 saturated heterocycles. The Labute approximate surface area is 82.3 Å². The van der Waals surface area contributed by atoms with Gasteiger partial charge in [-0.1, -0.05) is 0 Å². The molecular formula is C10H12FN2O. The van der Waals surface area contributed by atoms with Gasteiger partial charge < -0.3 is 15.4 Å². The number of nitrogen functional groups attached to an aromatic ring is 1. The van der Waals surface area contributed by atoms with Crippen LogP contribution in [0, 0.1) is 11.9 Å². The quantitative estimate of drug-likeness (QED) is 0.680. The van der Waals surface area contributed by atoms with Crippen molar-refractivity contribution in [1.29, 1.82) is 0 Å². The molecule has 14 heavy (non-hydrogen) atoms. The molecule has 0 amide bonds. The minimum Gasteiger partial charge on any atom is -0.398 e. The van der Waals surface area contributed by atoms with Gasteiger partial charge in [0, 0.05) is 24.8 Å². The van der Waals surface area contributed by atoms with Gasteiger partial charge >= 0.3 is 0 Å². The van der Waals surface area contributed by atoms with Crippen LogP contribution in [0.1, 0.15) is 0 Å². The summed E-state index contributed by atoms with van der Waals surface area (Å²) in [6.07, 6.45) is 0. The van der Waals surface area contributed by atoms with Crippen molar-refractivity contribution >= 4 is 11.4 Å². The zero-order valence-corrected chi connectivity index (χ0v) is 7.79. The summed E-state index contributed by atoms with van der Waals surface area (Å²) < 4.78 is 18.6. The fraction of sp³-hybridized carbons (Fsp3) is 0.400. The van der Waals surface area contributed by atoms with Gasteiger partial charge in [0.05, 0.1) is 18.9 Å². The van der Waals surface area contributed by atoms with E-state index in [4.69, 9.17) is 10.5 Å². The van der Waals surface area contributed by atoms with Crippen LogP contribution in [0.5, 0.6) is 0 Å². The highest BCUT2D eigenvalue weighted by Crippen LogP contribution is 2.22. The molecular weight excluding hydrogens is 183 g/mol. The number of benzene rings is 1. The van der Waals surface area contributed by atoms with Gasteiger partial charge in [0.15, 0.2) is 0 Å². The Morgan fingerprint density at radius 1 is 1.43 bits per heavy atom. The number of halogens is 1. The molecule has 2 rings (SSSR count). The molecule has 0 bridgehead atoms. The predicted octanol–water partition coefficient (Wildman–Crippen LogP) is 1.04. The second kappa shape index (κ2) is 3.84. The molecule has 4 heteroatoms. The topological polar surface area (TPSA) is 38.5 Å². The zero-order valence-electron chi connectivity index (χ0n) is 7.79. The number of nitrogens with two attached hydrogens (primary N) is 1. The van der Waals surface area contributed by atoms with Gasteiger partial charge in [0.2, 0.25) is 0 Å². The van der Waals surface area contributed by atoms with E-state index in [-0.39, 0.29) is 5.82 Å². The van der Waals surface area contributed by atoms with Crippen molar-refractivity contribution in [2.45, 2.75) is 0 Å². The van der Waals surface area contributed by atoms with Crippen molar-refractivity contribution in [3.8, 4) is 0 Å². The third kappa shape index (κ3) is 1.80. The summed E-state index contributed by atoms with van der Waals surface area (Å²) in [5, 5.41) is 0. The summed E-state index contributed by atoms with van der Waals surface area (Å²) >= 11 is 0. The Kier molecular flexibility index (Phi) is 2.54. The highest BCUT2D eigenvalue weighted by Gasteiger charge is 2.14. The summed E-state index contributed by atoms with van der Waals surface area (Å²) in [5.74, 6) is -0.277. The van der Waals surface area contributed by atoms with Crippen molar-refractivity contribution in [2.75, 3.05) is 36.9 Å². The Balaban J connectivity index is 2.24. The molecule has 1 aliphatic heterocycles. The highest BCUT2D eigenvalue weighted by molar-refractivity contribution is 5.56. The predicted molar refractivity (Wildman–Crippen MR) is 52.7 cm³/mol. The van der Waals surface area contributed by atoms with Crippen molar-refractivity contribution in [1.82, 2.24) is 0 Å². The molecule has 1 fully saturated rings. The monoisotopic (exact) mass is 195 g/mol. The summed E-state index contributed by atoms with van der Waals surface area (Å²) in [6.45, 7) is 2.69. The number of morpholine rings is 1. The van der Waals surface area contributed by atoms with Gasteiger partial charge in [0.25, 0.3) is 0 Å². The van der Waals surface area contributed by atoms with Gasteiger partial charge in [-0.05, 0) is 12.1 Å². The van der Waals surface area contributed by atoms with Gasteiger partial charge in [-0.3, -0.25) is 0 Å². The minimum atomic E-state index is -0.277. The first-order valence-electron chi connectivity index (χ1n) is 4.57. The maximum absolute atomic E-state index is 13.4. The van der Waals surface area contributed by atoms with E-state index >= 15 is 0 Å². The fourth-order valence-corrected chi connectivity index (χ4v) is 1.53. The summed E-state index contributed by atoms with van der Waals surface area (Å²) in [4.78, 5) is 1.93. The molecule has 0 atom stereocenters. The standard InChI is InChI=1S/C10H12FN2O/c11-9-2-1-8(12)7-10(9)13-3-5-14-6-4-13/h2,7H,3-6,12H2. The van der Waals surface area contributed by atoms with E-state index < -0.39 is 0 Å². The van der Waals surface area contributed by atoms with Gasteiger partial charge in [0.1, 0.15) is 5.82 Å².